The largest absolute Gasteiger partial charge is 0.381 e. The van der Waals surface area contributed by atoms with Crippen molar-refractivity contribution in [3.8, 4) is 0 Å². The summed E-state index contributed by atoms with van der Waals surface area (Å²) in [7, 11) is 1.83. The molecule has 136 valence electrons. The molecule has 0 aromatic heterocycles. The van der Waals surface area contributed by atoms with Gasteiger partial charge in [0.1, 0.15) is 0 Å². The maximum atomic E-state index is 5.59. The van der Waals surface area contributed by atoms with Crippen molar-refractivity contribution >= 4 is 29.9 Å². The van der Waals surface area contributed by atoms with Crippen molar-refractivity contribution in [3.05, 3.63) is 35.4 Å². The van der Waals surface area contributed by atoms with E-state index in [1.54, 1.807) is 0 Å². The average molecular weight is 445 g/mol. The molecule has 1 aromatic rings. The Hall–Kier alpha value is -0.820. The molecule has 2 N–H and O–H groups in total. The lowest BCUT2D eigenvalue weighted by Gasteiger charge is -2.13. The van der Waals surface area contributed by atoms with E-state index < -0.39 is 0 Å². The number of guanidine groups is 1. The fraction of sp³-hybridized carbons (Fsp3) is 0.632. The Bertz CT molecular complexity index is 519. The zero-order valence-electron chi connectivity index (χ0n) is 15.3. The van der Waals surface area contributed by atoms with E-state index in [1.165, 1.54) is 17.5 Å². The first-order chi connectivity index (χ1) is 11.1. The first-order valence-corrected chi connectivity index (χ1v) is 8.72. The van der Waals surface area contributed by atoms with E-state index in [9.17, 15) is 0 Å². The molecule has 0 saturated heterocycles. The molecule has 1 aliphatic carbocycles. The minimum Gasteiger partial charge on any atom is -0.381 e. The predicted octanol–water partition coefficient (Wildman–Crippen LogP) is 3.70. The summed E-state index contributed by atoms with van der Waals surface area (Å²) in [6.45, 7) is 9.06. The third kappa shape index (κ3) is 6.97. The molecule has 1 saturated carbocycles. The topological polar surface area (TPSA) is 45.7 Å². The fourth-order valence-corrected chi connectivity index (χ4v) is 2.77. The lowest BCUT2D eigenvalue weighted by Crippen LogP contribution is -2.39. The number of aryl methyl sites for hydroxylation is 1. The van der Waals surface area contributed by atoms with Gasteiger partial charge < -0.3 is 15.4 Å². The second-order valence-electron chi connectivity index (χ2n) is 6.77. The van der Waals surface area contributed by atoms with Crippen molar-refractivity contribution in [2.45, 2.75) is 45.6 Å². The van der Waals surface area contributed by atoms with Crippen LogP contribution >= 0.6 is 24.0 Å². The highest BCUT2D eigenvalue weighted by Gasteiger charge is 2.39. The van der Waals surface area contributed by atoms with E-state index in [-0.39, 0.29) is 24.0 Å². The van der Waals surface area contributed by atoms with E-state index in [1.807, 2.05) is 7.05 Å². The normalized spacial score (nSPS) is 19.8. The summed E-state index contributed by atoms with van der Waals surface area (Å²) in [5.41, 5.74) is 2.84. The molecule has 2 rings (SSSR count). The van der Waals surface area contributed by atoms with E-state index in [0.717, 1.165) is 32.1 Å². The van der Waals surface area contributed by atoms with Crippen molar-refractivity contribution in [3.63, 3.8) is 0 Å². The van der Waals surface area contributed by atoms with Gasteiger partial charge in [-0.3, -0.25) is 4.99 Å². The summed E-state index contributed by atoms with van der Waals surface area (Å²) < 4.78 is 5.59. The van der Waals surface area contributed by atoms with Gasteiger partial charge in [-0.05, 0) is 36.8 Å². The fourth-order valence-electron chi connectivity index (χ4n) is 2.77. The van der Waals surface area contributed by atoms with Crippen LogP contribution in [-0.4, -0.2) is 38.8 Å². The Balaban J connectivity index is 0.00000288. The Kier molecular flexibility index (Phi) is 9.66. The van der Waals surface area contributed by atoms with Crippen LogP contribution in [0.5, 0.6) is 0 Å². The molecule has 5 heteroatoms. The first kappa shape index (κ1) is 21.2. The van der Waals surface area contributed by atoms with Crippen LogP contribution in [0, 0.1) is 12.8 Å². The second-order valence-corrected chi connectivity index (χ2v) is 6.77. The van der Waals surface area contributed by atoms with Crippen LogP contribution in [0.25, 0.3) is 0 Å². The smallest absolute Gasteiger partial charge is 0.191 e. The number of aliphatic imine (C=N–C) groups is 1. The van der Waals surface area contributed by atoms with Crippen LogP contribution in [0.4, 0.5) is 0 Å². The number of nitrogens with zero attached hydrogens (tertiary/aromatic N) is 1. The highest BCUT2D eigenvalue weighted by molar-refractivity contribution is 14.0. The highest BCUT2D eigenvalue weighted by atomic mass is 127. The summed E-state index contributed by atoms with van der Waals surface area (Å²) in [5, 5.41) is 6.90. The van der Waals surface area contributed by atoms with Crippen molar-refractivity contribution in [2.24, 2.45) is 10.9 Å². The van der Waals surface area contributed by atoms with Gasteiger partial charge in [-0.15, -0.1) is 24.0 Å². The molecule has 24 heavy (non-hydrogen) atoms. The summed E-state index contributed by atoms with van der Waals surface area (Å²) in [5.74, 6) is 2.12. The minimum absolute atomic E-state index is 0. The molecule has 2 unspecified atom stereocenters. The molecule has 2 atom stereocenters. The number of halogens is 1. The lowest BCUT2D eigenvalue weighted by atomic mass is 10.0. The van der Waals surface area contributed by atoms with Crippen molar-refractivity contribution in [2.75, 3.05) is 26.8 Å². The molecule has 1 aliphatic rings. The van der Waals surface area contributed by atoms with E-state index in [0.29, 0.717) is 17.9 Å². The molecule has 4 nitrogen and oxygen atoms in total. The molecule has 0 spiro atoms. The van der Waals surface area contributed by atoms with Crippen LogP contribution in [0.2, 0.25) is 0 Å². The summed E-state index contributed by atoms with van der Waals surface area (Å²) >= 11 is 0. The van der Waals surface area contributed by atoms with Crippen LogP contribution in [-0.2, 0) is 4.74 Å². The molecule has 0 amide bonds. The molecule has 1 fully saturated rings. The highest BCUT2D eigenvalue weighted by Crippen LogP contribution is 2.41. The molecule has 0 bridgehead atoms. The molecule has 0 aliphatic heterocycles. The first-order valence-electron chi connectivity index (χ1n) is 8.72. The standard InChI is InChI=1S/C19H31N3O.HI/c1-14(2)13-23-11-7-10-21-19(20-4)22-18-12-17(18)16-9-6-5-8-15(16)3;/h5-6,8-9,14,17-18H,7,10-13H2,1-4H3,(H2,20,21,22);1H. The van der Waals surface area contributed by atoms with Crippen LogP contribution in [0.3, 0.4) is 0 Å². The number of hydrogen-bond donors (Lipinski definition) is 2. The number of rotatable bonds is 8. The zero-order valence-corrected chi connectivity index (χ0v) is 17.7. The third-order valence-corrected chi connectivity index (χ3v) is 4.13. The maximum absolute atomic E-state index is 5.59. The third-order valence-electron chi connectivity index (χ3n) is 4.13. The molecular weight excluding hydrogens is 413 g/mol. The van der Waals surface area contributed by atoms with Crippen LogP contribution in [0.15, 0.2) is 29.3 Å². The SMILES string of the molecule is CN=C(NCCCOCC(C)C)NC1CC1c1ccccc1C.I. The number of nitrogens with one attached hydrogen (secondary N) is 2. The molecular formula is C19H32IN3O. The quantitative estimate of drug-likeness (QED) is 0.278. The van der Waals surface area contributed by atoms with Crippen LogP contribution < -0.4 is 10.6 Å². The van der Waals surface area contributed by atoms with Gasteiger partial charge >= 0.3 is 0 Å². The molecule has 0 heterocycles. The van der Waals surface area contributed by atoms with Gasteiger partial charge in [-0.1, -0.05) is 38.1 Å². The van der Waals surface area contributed by atoms with Gasteiger partial charge in [-0.25, -0.2) is 0 Å². The number of ether oxygens (including phenoxy) is 1. The summed E-state index contributed by atoms with van der Waals surface area (Å²) in [4.78, 5) is 4.32. The Labute approximate surface area is 163 Å². The van der Waals surface area contributed by atoms with Gasteiger partial charge in [0.25, 0.3) is 0 Å². The van der Waals surface area contributed by atoms with E-state index in [2.05, 4.69) is 60.7 Å². The predicted molar refractivity (Wildman–Crippen MR) is 113 cm³/mol. The number of benzene rings is 1. The average Bonchev–Trinajstić information content (AvgIpc) is 3.28. The van der Waals surface area contributed by atoms with Gasteiger partial charge in [0.15, 0.2) is 5.96 Å². The van der Waals surface area contributed by atoms with Crippen molar-refractivity contribution in [1.29, 1.82) is 0 Å². The Morgan fingerprint density at radius 1 is 1.33 bits per heavy atom. The number of hydrogen-bond acceptors (Lipinski definition) is 2. The zero-order chi connectivity index (χ0) is 16.7. The van der Waals surface area contributed by atoms with Gasteiger partial charge in [0, 0.05) is 38.8 Å². The Morgan fingerprint density at radius 2 is 2.08 bits per heavy atom. The van der Waals surface area contributed by atoms with Crippen molar-refractivity contribution < 1.29 is 4.74 Å². The molecule has 0 radical (unpaired) electrons. The van der Waals surface area contributed by atoms with Gasteiger partial charge in [0.05, 0.1) is 0 Å². The van der Waals surface area contributed by atoms with Gasteiger partial charge in [-0.2, -0.15) is 0 Å². The van der Waals surface area contributed by atoms with Gasteiger partial charge in [0.2, 0.25) is 0 Å². The maximum Gasteiger partial charge on any atom is 0.191 e. The van der Waals surface area contributed by atoms with Crippen molar-refractivity contribution in [1.82, 2.24) is 10.6 Å². The second kappa shape index (κ2) is 10.9. The van der Waals surface area contributed by atoms with E-state index >= 15 is 0 Å². The lowest BCUT2D eigenvalue weighted by molar-refractivity contribution is 0.108. The summed E-state index contributed by atoms with van der Waals surface area (Å²) in [6.07, 6.45) is 2.18. The monoisotopic (exact) mass is 445 g/mol. The van der Waals surface area contributed by atoms with Crippen LogP contribution in [0.1, 0.15) is 43.7 Å². The van der Waals surface area contributed by atoms with E-state index in [4.69, 9.17) is 4.74 Å². The minimum atomic E-state index is 0. The summed E-state index contributed by atoms with van der Waals surface area (Å²) in [6, 6.07) is 9.16. The molecule has 1 aromatic carbocycles. The Morgan fingerprint density at radius 3 is 2.75 bits per heavy atom.